The third kappa shape index (κ3) is 3.93. The molecule has 0 aliphatic rings. The van der Waals surface area contributed by atoms with Crippen LogP contribution in [-0.4, -0.2) is 11.9 Å². The number of halogens is 3. The van der Waals surface area contributed by atoms with Crippen LogP contribution in [0.25, 0.3) is 6.08 Å². The Labute approximate surface area is 115 Å². The van der Waals surface area contributed by atoms with Crippen molar-refractivity contribution in [2.24, 2.45) is 0 Å². The summed E-state index contributed by atoms with van der Waals surface area (Å²) in [5.74, 6) is 0.887. The van der Waals surface area contributed by atoms with Crippen LogP contribution in [0.2, 0.25) is 0 Å². The lowest BCUT2D eigenvalue weighted by Crippen LogP contribution is -1.95. The highest BCUT2D eigenvalue weighted by atomic mass is 79.9. The van der Waals surface area contributed by atoms with Gasteiger partial charge in [-0.3, -0.25) is 0 Å². The Morgan fingerprint density at radius 1 is 1.33 bits per heavy atom. The van der Waals surface area contributed by atoms with Gasteiger partial charge in [-0.15, -0.1) is 0 Å². The Balaban J connectivity index is 3.14. The number of alkyl halides is 1. The first-order valence-electron chi connectivity index (χ1n) is 4.53. The van der Waals surface area contributed by atoms with E-state index in [9.17, 15) is 0 Å². The summed E-state index contributed by atoms with van der Waals surface area (Å²) in [6.07, 6.45) is 4.08. The predicted molar refractivity (Wildman–Crippen MR) is 75.8 cm³/mol. The minimum absolute atomic E-state index is 0.662. The second kappa shape index (κ2) is 6.71. The fraction of sp³-hybridized carbons (Fsp3) is 0.273. The summed E-state index contributed by atoms with van der Waals surface area (Å²) in [6, 6.07) is 4.02. The topological polar surface area (TPSA) is 9.23 Å². The average molecular weight is 399 g/mol. The summed E-state index contributed by atoms with van der Waals surface area (Å²) in [4.78, 5) is 0. The highest BCUT2D eigenvalue weighted by molar-refractivity contribution is 9.11. The van der Waals surface area contributed by atoms with E-state index in [-0.39, 0.29) is 0 Å². The van der Waals surface area contributed by atoms with Gasteiger partial charge in [0.05, 0.1) is 11.1 Å². The molecular weight excluding hydrogens is 388 g/mol. The van der Waals surface area contributed by atoms with Gasteiger partial charge in [-0.2, -0.15) is 0 Å². The van der Waals surface area contributed by atoms with Gasteiger partial charge in [-0.05, 0) is 35.0 Å². The first-order valence-corrected chi connectivity index (χ1v) is 7.24. The molecule has 1 nitrogen and oxygen atoms in total. The summed E-state index contributed by atoms with van der Waals surface area (Å²) < 4.78 is 7.59. The van der Waals surface area contributed by atoms with Crippen LogP contribution in [-0.2, 0) is 0 Å². The number of allylic oxidation sites excluding steroid dienone is 1. The van der Waals surface area contributed by atoms with Gasteiger partial charge in [0.25, 0.3) is 0 Å². The van der Waals surface area contributed by atoms with Gasteiger partial charge in [0.15, 0.2) is 0 Å². The fourth-order valence-corrected chi connectivity index (χ4v) is 2.73. The van der Waals surface area contributed by atoms with E-state index in [2.05, 4.69) is 47.8 Å². The van der Waals surface area contributed by atoms with Gasteiger partial charge >= 0.3 is 0 Å². The van der Waals surface area contributed by atoms with Crippen molar-refractivity contribution in [2.75, 3.05) is 11.9 Å². The van der Waals surface area contributed by atoms with Gasteiger partial charge in [0, 0.05) is 15.4 Å². The van der Waals surface area contributed by atoms with E-state index in [0.717, 1.165) is 25.6 Å². The van der Waals surface area contributed by atoms with Crippen LogP contribution in [0.5, 0.6) is 5.75 Å². The number of benzene rings is 1. The molecule has 0 aliphatic heterocycles. The third-order valence-corrected chi connectivity index (χ3v) is 3.13. The molecule has 1 aromatic rings. The smallest absolute Gasteiger partial charge is 0.140 e. The summed E-state index contributed by atoms with van der Waals surface area (Å²) in [5, 5.41) is 0.836. The Kier molecular flexibility index (Phi) is 5.94. The van der Waals surface area contributed by atoms with Crippen molar-refractivity contribution in [3.8, 4) is 5.75 Å². The lowest BCUT2D eigenvalue weighted by molar-refractivity contribution is 0.337. The summed E-state index contributed by atoms with van der Waals surface area (Å²) >= 11 is 10.3. The molecule has 0 saturated carbocycles. The standard InChI is InChI=1S/C11H11Br3O/c1-2-15-11-8(4-3-5-12)6-9(13)7-10(11)14/h3-4,6-7H,2,5H2,1H3. The van der Waals surface area contributed by atoms with E-state index in [0.29, 0.717) is 6.61 Å². The van der Waals surface area contributed by atoms with Crippen molar-refractivity contribution >= 4 is 53.9 Å². The second-order valence-corrected chi connectivity index (χ2v) is 5.21. The van der Waals surface area contributed by atoms with Gasteiger partial charge in [0.1, 0.15) is 5.75 Å². The molecule has 1 rings (SSSR count). The molecule has 0 radical (unpaired) electrons. The zero-order chi connectivity index (χ0) is 11.3. The Morgan fingerprint density at radius 3 is 2.67 bits per heavy atom. The molecule has 82 valence electrons. The molecule has 4 heteroatoms. The van der Waals surface area contributed by atoms with Gasteiger partial charge < -0.3 is 4.74 Å². The molecule has 0 spiro atoms. The van der Waals surface area contributed by atoms with Crippen LogP contribution < -0.4 is 4.74 Å². The molecule has 0 aliphatic carbocycles. The summed E-state index contributed by atoms with van der Waals surface area (Å²) in [5.41, 5.74) is 1.07. The minimum Gasteiger partial charge on any atom is -0.492 e. The lowest BCUT2D eigenvalue weighted by atomic mass is 10.2. The van der Waals surface area contributed by atoms with Crippen molar-refractivity contribution in [2.45, 2.75) is 6.92 Å². The maximum absolute atomic E-state index is 5.59. The molecule has 15 heavy (non-hydrogen) atoms. The van der Waals surface area contributed by atoms with Crippen molar-refractivity contribution < 1.29 is 4.74 Å². The van der Waals surface area contributed by atoms with Crippen LogP contribution in [0.3, 0.4) is 0 Å². The van der Waals surface area contributed by atoms with Crippen LogP contribution in [0.4, 0.5) is 0 Å². The largest absolute Gasteiger partial charge is 0.492 e. The first kappa shape index (κ1) is 13.3. The van der Waals surface area contributed by atoms with E-state index in [1.165, 1.54) is 0 Å². The van der Waals surface area contributed by atoms with Crippen molar-refractivity contribution in [1.29, 1.82) is 0 Å². The number of hydrogen-bond donors (Lipinski definition) is 0. The molecule has 0 amide bonds. The molecule has 0 aromatic heterocycles. The second-order valence-electron chi connectivity index (χ2n) is 2.80. The molecule has 0 heterocycles. The maximum Gasteiger partial charge on any atom is 0.140 e. The van der Waals surface area contributed by atoms with Crippen LogP contribution in [0.1, 0.15) is 12.5 Å². The molecule has 0 bridgehead atoms. The SMILES string of the molecule is CCOc1c(Br)cc(Br)cc1C=CCBr. The number of ether oxygens (including phenoxy) is 1. The first-order chi connectivity index (χ1) is 7.19. The Morgan fingerprint density at radius 2 is 2.07 bits per heavy atom. The van der Waals surface area contributed by atoms with Crippen molar-refractivity contribution in [1.82, 2.24) is 0 Å². The zero-order valence-electron chi connectivity index (χ0n) is 8.27. The van der Waals surface area contributed by atoms with Crippen molar-refractivity contribution in [3.63, 3.8) is 0 Å². The Bertz CT molecular complexity index is 361. The fourth-order valence-electron chi connectivity index (χ4n) is 1.17. The van der Waals surface area contributed by atoms with Crippen molar-refractivity contribution in [3.05, 3.63) is 32.7 Å². The van der Waals surface area contributed by atoms with Gasteiger partial charge in [-0.1, -0.05) is 44.0 Å². The predicted octanol–water partition coefficient (Wildman–Crippen LogP) is 5.02. The number of rotatable bonds is 4. The van der Waals surface area contributed by atoms with Gasteiger partial charge in [0.2, 0.25) is 0 Å². The third-order valence-electron chi connectivity index (χ3n) is 1.71. The molecule has 0 N–H and O–H groups in total. The minimum atomic E-state index is 0.662. The van der Waals surface area contributed by atoms with Crippen LogP contribution in [0.15, 0.2) is 27.2 Å². The Hall–Kier alpha value is 0.200. The van der Waals surface area contributed by atoms with E-state index in [1.54, 1.807) is 0 Å². The molecule has 0 unspecified atom stereocenters. The summed E-state index contributed by atoms with van der Waals surface area (Å²) in [7, 11) is 0. The zero-order valence-corrected chi connectivity index (χ0v) is 13.0. The average Bonchev–Trinajstić information content (AvgIpc) is 2.19. The monoisotopic (exact) mass is 396 g/mol. The molecule has 0 fully saturated rings. The molecule has 0 atom stereocenters. The van der Waals surface area contributed by atoms with Crippen LogP contribution >= 0.6 is 47.8 Å². The van der Waals surface area contributed by atoms with E-state index < -0.39 is 0 Å². The van der Waals surface area contributed by atoms with E-state index in [4.69, 9.17) is 4.74 Å². The number of hydrogen-bond acceptors (Lipinski definition) is 1. The highest BCUT2D eigenvalue weighted by Gasteiger charge is 2.07. The maximum atomic E-state index is 5.59. The van der Waals surface area contributed by atoms with E-state index in [1.807, 2.05) is 31.2 Å². The molecular formula is C11H11Br3O. The highest BCUT2D eigenvalue weighted by Crippen LogP contribution is 2.33. The summed E-state index contributed by atoms with van der Waals surface area (Å²) in [6.45, 7) is 2.64. The quantitative estimate of drug-likeness (QED) is 0.647. The van der Waals surface area contributed by atoms with E-state index >= 15 is 0 Å². The molecule has 1 aromatic carbocycles. The van der Waals surface area contributed by atoms with Crippen LogP contribution in [0, 0.1) is 0 Å². The van der Waals surface area contributed by atoms with Gasteiger partial charge in [-0.25, -0.2) is 0 Å². The lowest BCUT2D eigenvalue weighted by Gasteiger charge is -2.10. The normalized spacial score (nSPS) is 10.9. The molecule has 0 saturated heterocycles.